The molecule has 1 amide bonds. The Balaban J connectivity index is 2.13. The van der Waals surface area contributed by atoms with Gasteiger partial charge >= 0.3 is 0 Å². The van der Waals surface area contributed by atoms with Gasteiger partial charge in [0.25, 0.3) is 5.91 Å². The highest BCUT2D eigenvalue weighted by Gasteiger charge is 2.19. The molecule has 0 aromatic carbocycles. The lowest BCUT2D eigenvalue weighted by Gasteiger charge is -2.24. The lowest BCUT2D eigenvalue weighted by molar-refractivity contribution is 0.0755. The second-order valence-corrected chi connectivity index (χ2v) is 5.95. The Bertz CT molecular complexity index is 463. The maximum Gasteiger partial charge on any atom is 0.272 e. The largest absolute Gasteiger partial charge is 0.357 e. The molecular weight excluding hydrogens is 276 g/mol. The summed E-state index contributed by atoms with van der Waals surface area (Å²) in [6, 6.07) is 1.86. The second kappa shape index (κ2) is 8.71. The first-order valence-corrected chi connectivity index (χ1v) is 8.62. The molecule has 5 nitrogen and oxygen atoms in total. The van der Waals surface area contributed by atoms with Crippen LogP contribution in [0.3, 0.4) is 0 Å². The number of hydrogen-bond acceptors (Lipinski definition) is 4. The summed E-state index contributed by atoms with van der Waals surface area (Å²) in [7, 11) is 0. The van der Waals surface area contributed by atoms with Gasteiger partial charge in [-0.05, 0) is 25.7 Å². The number of anilines is 1. The Kier molecular flexibility index (Phi) is 6.62. The van der Waals surface area contributed by atoms with Gasteiger partial charge in [0, 0.05) is 32.2 Å². The number of hydrogen-bond donors (Lipinski definition) is 0. The van der Waals surface area contributed by atoms with Crippen LogP contribution in [0.1, 0.15) is 62.9 Å². The number of likely N-dealkylation sites (tertiary alicyclic amines) is 1. The van der Waals surface area contributed by atoms with E-state index < -0.39 is 0 Å². The van der Waals surface area contributed by atoms with Gasteiger partial charge in [0.15, 0.2) is 0 Å². The van der Waals surface area contributed by atoms with Crippen LogP contribution in [-0.4, -0.2) is 47.0 Å². The predicted molar refractivity (Wildman–Crippen MR) is 89.2 cm³/mol. The average Bonchev–Trinajstić information content (AvgIpc) is 2.83. The van der Waals surface area contributed by atoms with E-state index in [2.05, 4.69) is 28.7 Å². The van der Waals surface area contributed by atoms with E-state index in [4.69, 9.17) is 0 Å². The third-order valence-electron chi connectivity index (χ3n) is 4.08. The Morgan fingerprint density at radius 3 is 2.32 bits per heavy atom. The zero-order valence-corrected chi connectivity index (χ0v) is 13.9. The first kappa shape index (κ1) is 16.7. The molecule has 0 atom stereocenters. The molecule has 0 bridgehead atoms. The van der Waals surface area contributed by atoms with Gasteiger partial charge in [-0.15, -0.1) is 0 Å². The monoisotopic (exact) mass is 304 g/mol. The number of aromatic nitrogens is 2. The van der Waals surface area contributed by atoms with Crippen molar-refractivity contribution in [1.82, 2.24) is 14.9 Å². The SMILES string of the molecule is CCCN(CCC)c1cc(C(=O)N2CCCCCC2)ncn1. The Morgan fingerprint density at radius 2 is 1.73 bits per heavy atom. The first-order chi connectivity index (χ1) is 10.8. The van der Waals surface area contributed by atoms with Crippen molar-refractivity contribution in [2.45, 2.75) is 52.4 Å². The van der Waals surface area contributed by atoms with Crippen molar-refractivity contribution < 1.29 is 4.79 Å². The molecule has 0 unspecified atom stereocenters. The summed E-state index contributed by atoms with van der Waals surface area (Å²) in [5, 5.41) is 0. The van der Waals surface area contributed by atoms with Gasteiger partial charge in [0.1, 0.15) is 17.8 Å². The molecule has 1 aromatic rings. The van der Waals surface area contributed by atoms with E-state index in [9.17, 15) is 4.79 Å². The number of amides is 1. The lowest BCUT2D eigenvalue weighted by atomic mass is 10.2. The van der Waals surface area contributed by atoms with Crippen molar-refractivity contribution in [2.75, 3.05) is 31.1 Å². The summed E-state index contributed by atoms with van der Waals surface area (Å²) >= 11 is 0. The van der Waals surface area contributed by atoms with Crippen molar-refractivity contribution >= 4 is 11.7 Å². The number of rotatable bonds is 6. The van der Waals surface area contributed by atoms with Crippen molar-refractivity contribution in [3.8, 4) is 0 Å². The smallest absolute Gasteiger partial charge is 0.272 e. The van der Waals surface area contributed by atoms with Gasteiger partial charge in [0.05, 0.1) is 0 Å². The first-order valence-electron chi connectivity index (χ1n) is 8.62. The fraction of sp³-hybridized carbons (Fsp3) is 0.706. The maximum absolute atomic E-state index is 12.7. The normalized spacial score (nSPS) is 15.5. The molecule has 2 heterocycles. The number of carbonyl (C=O) groups is 1. The Labute approximate surface area is 133 Å². The molecule has 1 aliphatic heterocycles. The molecule has 122 valence electrons. The molecule has 1 saturated heterocycles. The van der Waals surface area contributed by atoms with Crippen LogP contribution in [0, 0.1) is 0 Å². The van der Waals surface area contributed by atoms with E-state index in [-0.39, 0.29) is 5.91 Å². The van der Waals surface area contributed by atoms with Crippen LogP contribution < -0.4 is 4.90 Å². The predicted octanol–water partition coefficient (Wildman–Crippen LogP) is 3.12. The highest BCUT2D eigenvalue weighted by atomic mass is 16.2. The van der Waals surface area contributed by atoms with E-state index >= 15 is 0 Å². The summed E-state index contributed by atoms with van der Waals surface area (Å²) in [6.07, 6.45) is 8.31. The minimum Gasteiger partial charge on any atom is -0.357 e. The number of nitrogens with zero attached hydrogens (tertiary/aromatic N) is 4. The molecule has 0 saturated carbocycles. The quantitative estimate of drug-likeness (QED) is 0.810. The van der Waals surface area contributed by atoms with E-state index in [1.54, 1.807) is 0 Å². The van der Waals surface area contributed by atoms with Crippen molar-refractivity contribution in [3.63, 3.8) is 0 Å². The van der Waals surface area contributed by atoms with Gasteiger partial charge in [-0.25, -0.2) is 9.97 Å². The molecular formula is C17H28N4O. The van der Waals surface area contributed by atoms with Crippen LogP contribution in [0.4, 0.5) is 5.82 Å². The third-order valence-corrected chi connectivity index (χ3v) is 4.08. The van der Waals surface area contributed by atoms with Gasteiger partial charge in [-0.2, -0.15) is 0 Å². The molecule has 1 aromatic heterocycles. The Morgan fingerprint density at radius 1 is 1.09 bits per heavy atom. The molecule has 1 aliphatic rings. The summed E-state index contributed by atoms with van der Waals surface area (Å²) in [6.45, 7) is 7.95. The summed E-state index contributed by atoms with van der Waals surface area (Å²) < 4.78 is 0. The minimum atomic E-state index is 0.0542. The summed E-state index contributed by atoms with van der Waals surface area (Å²) in [5.41, 5.74) is 0.532. The van der Waals surface area contributed by atoms with Crippen LogP contribution in [0.15, 0.2) is 12.4 Å². The van der Waals surface area contributed by atoms with E-state index in [1.165, 1.54) is 19.2 Å². The lowest BCUT2D eigenvalue weighted by Crippen LogP contribution is -2.33. The fourth-order valence-electron chi connectivity index (χ4n) is 2.95. The van der Waals surface area contributed by atoms with Crippen LogP contribution in [0.25, 0.3) is 0 Å². The Hall–Kier alpha value is -1.65. The standard InChI is InChI=1S/C17H28N4O/c1-3-9-20(10-4-2)16-13-15(18-14-19-16)17(22)21-11-7-5-6-8-12-21/h13-14H,3-12H2,1-2H3. The molecule has 22 heavy (non-hydrogen) atoms. The van der Waals surface area contributed by atoms with Gasteiger partial charge in [-0.3, -0.25) is 4.79 Å². The molecule has 1 fully saturated rings. The molecule has 0 aliphatic carbocycles. The van der Waals surface area contributed by atoms with Crippen LogP contribution >= 0.6 is 0 Å². The highest BCUT2D eigenvalue weighted by molar-refractivity contribution is 5.92. The minimum absolute atomic E-state index is 0.0542. The van der Waals surface area contributed by atoms with Crippen molar-refractivity contribution in [1.29, 1.82) is 0 Å². The molecule has 2 rings (SSSR count). The fourth-order valence-corrected chi connectivity index (χ4v) is 2.95. The van der Waals surface area contributed by atoms with E-state index in [0.717, 1.165) is 57.7 Å². The molecule has 0 radical (unpaired) electrons. The second-order valence-electron chi connectivity index (χ2n) is 5.95. The highest BCUT2D eigenvalue weighted by Crippen LogP contribution is 2.16. The topological polar surface area (TPSA) is 49.3 Å². The third kappa shape index (κ3) is 4.42. The van der Waals surface area contributed by atoms with Gasteiger partial charge in [-0.1, -0.05) is 26.7 Å². The van der Waals surface area contributed by atoms with E-state index in [1.807, 2.05) is 11.0 Å². The molecule has 0 spiro atoms. The van der Waals surface area contributed by atoms with Crippen LogP contribution in [-0.2, 0) is 0 Å². The summed E-state index contributed by atoms with van der Waals surface area (Å²) in [4.78, 5) is 25.4. The van der Waals surface area contributed by atoms with Crippen molar-refractivity contribution in [2.24, 2.45) is 0 Å². The van der Waals surface area contributed by atoms with Crippen LogP contribution in [0.2, 0.25) is 0 Å². The van der Waals surface area contributed by atoms with Gasteiger partial charge < -0.3 is 9.80 Å². The number of carbonyl (C=O) groups excluding carboxylic acids is 1. The van der Waals surface area contributed by atoms with Crippen LogP contribution in [0.5, 0.6) is 0 Å². The molecule has 5 heteroatoms. The van der Waals surface area contributed by atoms with Gasteiger partial charge in [0.2, 0.25) is 0 Å². The van der Waals surface area contributed by atoms with Crippen molar-refractivity contribution in [3.05, 3.63) is 18.1 Å². The summed E-state index contributed by atoms with van der Waals surface area (Å²) in [5.74, 6) is 0.926. The zero-order valence-electron chi connectivity index (χ0n) is 13.9. The molecule has 0 N–H and O–H groups in total. The van der Waals surface area contributed by atoms with E-state index in [0.29, 0.717) is 5.69 Å². The average molecular weight is 304 g/mol. The maximum atomic E-state index is 12.7. The zero-order chi connectivity index (χ0) is 15.8.